The summed E-state index contributed by atoms with van der Waals surface area (Å²) in [5.41, 5.74) is 28.5. The van der Waals surface area contributed by atoms with Crippen LogP contribution in [0.5, 0.6) is 0 Å². The molecule has 580 valence electrons. The number of nitrogens with zero attached hydrogens (tertiary/aromatic N) is 6. The number of aromatic nitrogens is 6. The Bertz CT molecular complexity index is 7770. The van der Waals surface area contributed by atoms with Crippen molar-refractivity contribution in [2.24, 2.45) is 0 Å². The monoisotopic (exact) mass is 1580 g/mol. The predicted molar refractivity (Wildman–Crippen MR) is 519 cm³/mol. The second-order valence-electron chi connectivity index (χ2n) is 31.2. The van der Waals surface area contributed by atoms with Crippen LogP contribution in [-0.4, -0.2) is 29.9 Å². The van der Waals surface area contributed by atoms with Crippen molar-refractivity contribution >= 4 is 75.8 Å². The maximum atomic E-state index is 5.15. The van der Waals surface area contributed by atoms with E-state index >= 15 is 0 Å². The predicted octanol–water partition coefficient (Wildman–Crippen LogP) is 31.2. The first kappa shape index (κ1) is 75.0. The van der Waals surface area contributed by atoms with Crippen LogP contribution in [-0.2, 0) is 0 Å². The topological polar surface area (TPSA) is 77.3 Å². The van der Waals surface area contributed by atoms with E-state index in [1.165, 1.54) is 98.7 Å². The van der Waals surface area contributed by atoms with Crippen molar-refractivity contribution in [2.45, 2.75) is 0 Å². The minimum Gasteiger partial charge on any atom is -0.228 e. The number of hydrogen-bond donors (Lipinski definition) is 0. The summed E-state index contributed by atoms with van der Waals surface area (Å²) < 4.78 is 0. The van der Waals surface area contributed by atoms with E-state index in [0.29, 0.717) is 0 Å². The molecule has 0 unspecified atom stereocenters. The SMILES string of the molecule is c1ccc(-c2nc(-c3ccccc3)c3cc(-c4cc(-c5ccc6ccccc6c5)cc(-c5ccc6ccccc6c5)c4)ccc3n2)cc1.c1ccc(-c2nc(-c3ccccc3)c3cc(-c4ccc(-c5ccc6ccccc6c5)cc4)ccc3n2)cc1.c1ccc(-c2nc(-c3ccccc3)c3cc(-c4ccc(-c5ccccc5)c5ccccc45)ccc3n2)cc1. The van der Waals surface area contributed by atoms with Crippen molar-refractivity contribution in [1.82, 2.24) is 29.9 Å². The molecule has 6 nitrogen and oxygen atoms in total. The van der Waals surface area contributed by atoms with Gasteiger partial charge in [0.15, 0.2) is 17.5 Å². The fraction of sp³-hybridized carbons (Fsp3) is 0. The molecule has 124 heavy (non-hydrogen) atoms. The molecule has 0 aliphatic carbocycles. The summed E-state index contributed by atoms with van der Waals surface area (Å²) in [6.45, 7) is 0. The Hall–Kier alpha value is -16.5. The fourth-order valence-electron chi connectivity index (χ4n) is 17.0. The highest BCUT2D eigenvalue weighted by atomic mass is 14.9. The minimum atomic E-state index is 0.728. The Kier molecular flexibility index (Phi) is 20.4. The molecule has 0 bridgehead atoms. The quantitative estimate of drug-likeness (QED) is 0.114. The van der Waals surface area contributed by atoms with E-state index in [2.05, 4.69) is 400 Å². The smallest absolute Gasteiger partial charge is 0.160 e. The Balaban J connectivity index is 0.000000115. The maximum Gasteiger partial charge on any atom is 0.160 e. The molecule has 0 atom stereocenters. The molecular weight excluding hydrogens is 1500 g/mol. The van der Waals surface area contributed by atoms with E-state index in [1.54, 1.807) is 0 Å². The van der Waals surface area contributed by atoms with Crippen molar-refractivity contribution in [3.63, 3.8) is 0 Å². The lowest BCUT2D eigenvalue weighted by Gasteiger charge is -2.14. The molecule has 23 aromatic rings. The van der Waals surface area contributed by atoms with Crippen molar-refractivity contribution in [3.05, 3.63) is 473 Å². The lowest BCUT2D eigenvalue weighted by Crippen LogP contribution is -1.95. The third-order valence-electron chi connectivity index (χ3n) is 23.4. The van der Waals surface area contributed by atoms with Crippen LogP contribution in [0.25, 0.3) is 222 Å². The summed E-state index contributed by atoms with van der Waals surface area (Å²) >= 11 is 0. The van der Waals surface area contributed by atoms with E-state index in [-0.39, 0.29) is 0 Å². The van der Waals surface area contributed by atoms with Gasteiger partial charge in [0.1, 0.15) is 0 Å². The summed E-state index contributed by atoms with van der Waals surface area (Å²) in [7, 11) is 0. The van der Waals surface area contributed by atoms with Gasteiger partial charge in [-0.3, -0.25) is 0 Å². The fourth-order valence-corrected chi connectivity index (χ4v) is 17.0. The van der Waals surface area contributed by atoms with Crippen molar-refractivity contribution in [3.8, 4) is 146 Å². The first-order valence-corrected chi connectivity index (χ1v) is 42.0. The number of fused-ring (bicyclic) bond motifs is 7. The molecule has 23 rings (SSSR count). The molecule has 6 heteroatoms. The molecule has 0 radical (unpaired) electrons. The zero-order chi connectivity index (χ0) is 82.5. The molecule has 0 saturated heterocycles. The van der Waals surface area contributed by atoms with Gasteiger partial charge in [-0.1, -0.05) is 400 Å². The van der Waals surface area contributed by atoms with Gasteiger partial charge in [0, 0.05) is 49.5 Å². The van der Waals surface area contributed by atoms with Crippen LogP contribution >= 0.6 is 0 Å². The van der Waals surface area contributed by atoms with Gasteiger partial charge in [-0.2, -0.15) is 0 Å². The number of hydrogen-bond acceptors (Lipinski definition) is 6. The van der Waals surface area contributed by atoms with Gasteiger partial charge in [-0.25, -0.2) is 29.9 Å². The van der Waals surface area contributed by atoms with E-state index in [0.717, 1.165) is 123 Å². The maximum absolute atomic E-state index is 5.15. The van der Waals surface area contributed by atoms with Crippen LogP contribution in [0.2, 0.25) is 0 Å². The van der Waals surface area contributed by atoms with Gasteiger partial charge in [0.05, 0.1) is 33.6 Å². The van der Waals surface area contributed by atoms with E-state index in [9.17, 15) is 0 Å². The Morgan fingerprint density at radius 3 is 0.685 bits per heavy atom. The zero-order valence-electron chi connectivity index (χ0n) is 67.7. The van der Waals surface area contributed by atoms with Crippen LogP contribution in [0.3, 0.4) is 0 Å². The Morgan fingerprint density at radius 1 is 0.113 bits per heavy atom. The first-order valence-electron chi connectivity index (χ1n) is 42.0. The average molecular weight is 1580 g/mol. The second kappa shape index (κ2) is 33.7. The van der Waals surface area contributed by atoms with E-state index < -0.39 is 0 Å². The largest absolute Gasteiger partial charge is 0.228 e. The van der Waals surface area contributed by atoms with Crippen molar-refractivity contribution < 1.29 is 0 Å². The number of rotatable bonds is 13. The van der Waals surface area contributed by atoms with Crippen LogP contribution < -0.4 is 0 Å². The van der Waals surface area contributed by atoms with Crippen LogP contribution in [0.15, 0.2) is 473 Å². The Labute approximate surface area is 719 Å². The van der Waals surface area contributed by atoms with Gasteiger partial charge in [0.25, 0.3) is 0 Å². The standard InChI is InChI=1S/C46H30N2.2C36H24N2/c1-3-13-33(14-4-1)45-43-30-39(23-24-44(43)47-46(48-45)34-15-5-2-6-16-34)42-28-40(37-21-19-31-11-7-9-17-35(31)25-37)27-41(29-42)38-22-20-32-12-8-10-18-36(32)26-38;1-4-12-25(13-5-1)29-21-22-30(32-19-11-10-18-31(29)32)28-20-23-34-33(24-28)35(26-14-6-2-7-15-26)38-36(37-34)27-16-8-3-9-17-27;1-3-10-28(11-4-1)35-33-24-32(21-22-34(33)37-36(38-35)29-12-5-2-6-13-29)27-17-15-26(16-18-27)31-20-19-25-9-7-8-14-30(25)23-31/h1-30H;2*1-24H. The molecule has 0 amide bonds. The number of benzene rings is 20. The van der Waals surface area contributed by atoms with E-state index in [1.807, 2.05) is 72.8 Å². The Morgan fingerprint density at radius 2 is 0.347 bits per heavy atom. The highest BCUT2D eigenvalue weighted by molar-refractivity contribution is 6.08. The summed E-state index contributed by atoms with van der Waals surface area (Å²) in [6.07, 6.45) is 0. The van der Waals surface area contributed by atoms with Crippen LogP contribution in [0, 0.1) is 0 Å². The lowest BCUT2D eigenvalue weighted by molar-refractivity contribution is 1.23. The zero-order valence-corrected chi connectivity index (χ0v) is 67.7. The van der Waals surface area contributed by atoms with Gasteiger partial charge in [-0.05, 0) is 194 Å². The molecule has 3 heterocycles. The van der Waals surface area contributed by atoms with Crippen molar-refractivity contribution in [1.29, 1.82) is 0 Å². The summed E-state index contributed by atoms with van der Waals surface area (Å²) in [6, 6.07) is 167. The summed E-state index contributed by atoms with van der Waals surface area (Å²) in [5, 5.41) is 13.1. The van der Waals surface area contributed by atoms with Crippen molar-refractivity contribution in [2.75, 3.05) is 0 Å². The molecule has 0 saturated carbocycles. The molecule has 0 fully saturated rings. The molecule has 20 aromatic carbocycles. The second-order valence-corrected chi connectivity index (χ2v) is 31.2. The highest BCUT2D eigenvalue weighted by Crippen LogP contribution is 2.43. The summed E-state index contributed by atoms with van der Waals surface area (Å²) in [5.74, 6) is 2.21. The third kappa shape index (κ3) is 15.5. The van der Waals surface area contributed by atoms with Crippen LogP contribution in [0.4, 0.5) is 0 Å². The third-order valence-corrected chi connectivity index (χ3v) is 23.4. The molecule has 0 N–H and O–H groups in total. The summed E-state index contributed by atoms with van der Waals surface area (Å²) in [4.78, 5) is 30.2. The van der Waals surface area contributed by atoms with Gasteiger partial charge < -0.3 is 0 Å². The van der Waals surface area contributed by atoms with Gasteiger partial charge in [-0.15, -0.1) is 0 Å². The lowest BCUT2D eigenvalue weighted by atomic mass is 9.91. The molecule has 0 aliphatic heterocycles. The van der Waals surface area contributed by atoms with Gasteiger partial charge in [0.2, 0.25) is 0 Å². The molecule has 0 aliphatic rings. The molecular formula is C118H78N6. The molecule has 0 spiro atoms. The normalized spacial score (nSPS) is 11.2. The van der Waals surface area contributed by atoms with Crippen LogP contribution in [0.1, 0.15) is 0 Å². The molecule has 3 aromatic heterocycles. The first-order chi connectivity index (χ1) is 61.4. The minimum absolute atomic E-state index is 0.728. The highest BCUT2D eigenvalue weighted by Gasteiger charge is 2.20. The average Bonchev–Trinajstić information content (AvgIpc) is 0.701. The van der Waals surface area contributed by atoms with E-state index in [4.69, 9.17) is 29.9 Å². The van der Waals surface area contributed by atoms with Gasteiger partial charge >= 0.3 is 0 Å².